The zero-order valence-corrected chi connectivity index (χ0v) is 18.8. The summed E-state index contributed by atoms with van der Waals surface area (Å²) >= 11 is 3.96. The molecule has 1 unspecified atom stereocenters. The summed E-state index contributed by atoms with van der Waals surface area (Å²) in [5.41, 5.74) is 3.18. The number of carbonyl (C=O) groups is 1. The highest BCUT2D eigenvalue weighted by Crippen LogP contribution is 2.45. The Labute approximate surface area is 186 Å². The van der Waals surface area contributed by atoms with Crippen molar-refractivity contribution in [3.05, 3.63) is 65.2 Å². The molecule has 7 heteroatoms. The number of hydrogen-bond acceptors (Lipinski definition) is 6. The van der Waals surface area contributed by atoms with Gasteiger partial charge in [-0.05, 0) is 35.4 Å². The summed E-state index contributed by atoms with van der Waals surface area (Å²) in [4.78, 5) is 15.2. The van der Waals surface area contributed by atoms with E-state index in [2.05, 4.69) is 34.5 Å². The second kappa shape index (κ2) is 10.6. The van der Waals surface area contributed by atoms with Crippen LogP contribution in [0.4, 0.5) is 0 Å². The van der Waals surface area contributed by atoms with Crippen LogP contribution in [-0.4, -0.2) is 62.3 Å². The van der Waals surface area contributed by atoms with E-state index in [0.29, 0.717) is 16.7 Å². The number of nitrogens with zero attached hydrogens (tertiary/aromatic N) is 1. The molecule has 5 nitrogen and oxygen atoms in total. The summed E-state index contributed by atoms with van der Waals surface area (Å²) in [5, 5.41) is 3.15. The zero-order chi connectivity index (χ0) is 20.8. The molecule has 2 aromatic carbocycles. The molecule has 2 aliphatic heterocycles. The second-order valence-corrected chi connectivity index (χ2v) is 10.1. The van der Waals surface area contributed by atoms with Crippen molar-refractivity contribution in [1.82, 2.24) is 10.2 Å². The lowest BCUT2D eigenvalue weighted by atomic mass is 10.0. The maximum atomic E-state index is 12.8. The number of ether oxygens (including phenoxy) is 2. The SMILES string of the molecule is COc1ccc(C(CNC(=O)c2ccc(C3SCCS3)cc2)N2CCOCC2)cc1. The molecule has 4 rings (SSSR count). The van der Waals surface area contributed by atoms with Crippen LogP contribution in [0.3, 0.4) is 0 Å². The summed E-state index contributed by atoms with van der Waals surface area (Å²) in [6.45, 7) is 3.72. The normalized spacial score (nSPS) is 18.8. The van der Waals surface area contributed by atoms with E-state index in [-0.39, 0.29) is 11.9 Å². The molecule has 2 saturated heterocycles. The number of rotatable bonds is 7. The highest BCUT2D eigenvalue weighted by atomic mass is 32.2. The quantitative estimate of drug-likeness (QED) is 0.697. The van der Waals surface area contributed by atoms with Gasteiger partial charge < -0.3 is 14.8 Å². The van der Waals surface area contributed by atoms with E-state index in [4.69, 9.17) is 9.47 Å². The number of morpholine rings is 1. The molecule has 2 heterocycles. The van der Waals surface area contributed by atoms with E-state index in [9.17, 15) is 4.79 Å². The number of nitrogens with one attached hydrogen (secondary N) is 1. The Morgan fingerprint density at radius 2 is 1.77 bits per heavy atom. The largest absolute Gasteiger partial charge is 0.497 e. The minimum Gasteiger partial charge on any atom is -0.497 e. The maximum absolute atomic E-state index is 12.8. The fourth-order valence-electron chi connectivity index (χ4n) is 3.81. The van der Waals surface area contributed by atoms with Gasteiger partial charge in [-0.1, -0.05) is 24.3 Å². The van der Waals surface area contributed by atoms with Gasteiger partial charge in [0, 0.05) is 36.7 Å². The Hall–Kier alpha value is -1.67. The molecule has 0 aromatic heterocycles. The number of thioether (sulfide) groups is 2. The lowest BCUT2D eigenvalue weighted by Crippen LogP contribution is -2.43. The third-order valence-electron chi connectivity index (χ3n) is 5.51. The van der Waals surface area contributed by atoms with Gasteiger partial charge in [0.05, 0.1) is 30.9 Å². The summed E-state index contributed by atoms with van der Waals surface area (Å²) in [7, 11) is 1.67. The lowest BCUT2D eigenvalue weighted by Gasteiger charge is -2.35. The third kappa shape index (κ3) is 5.32. The van der Waals surface area contributed by atoms with Crippen LogP contribution >= 0.6 is 23.5 Å². The molecule has 0 aliphatic carbocycles. The number of methoxy groups -OCH3 is 1. The lowest BCUT2D eigenvalue weighted by molar-refractivity contribution is 0.0162. The zero-order valence-electron chi connectivity index (χ0n) is 17.2. The molecule has 0 bridgehead atoms. The van der Waals surface area contributed by atoms with Crippen molar-refractivity contribution >= 4 is 29.4 Å². The van der Waals surface area contributed by atoms with Gasteiger partial charge in [0.25, 0.3) is 5.91 Å². The molecule has 1 N–H and O–H groups in total. The van der Waals surface area contributed by atoms with E-state index in [1.54, 1.807) is 7.11 Å². The van der Waals surface area contributed by atoms with Crippen molar-refractivity contribution in [3.8, 4) is 5.75 Å². The predicted molar refractivity (Wildman–Crippen MR) is 125 cm³/mol. The van der Waals surface area contributed by atoms with Crippen molar-refractivity contribution in [2.45, 2.75) is 10.6 Å². The Kier molecular flexibility index (Phi) is 7.60. The fraction of sp³-hybridized carbons (Fsp3) is 0.435. The Morgan fingerprint density at radius 1 is 1.10 bits per heavy atom. The molecule has 1 amide bonds. The van der Waals surface area contributed by atoms with E-state index < -0.39 is 0 Å². The van der Waals surface area contributed by atoms with Crippen molar-refractivity contribution in [2.24, 2.45) is 0 Å². The Balaban J connectivity index is 1.42. The van der Waals surface area contributed by atoms with Gasteiger partial charge in [-0.3, -0.25) is 9.69 Å². The van der Waals surface area contributed by atoms with Gasteiger partial charge in [-0.15, -0.1) is 23.5 Å². The number of amides is 1. The van der Waals surface area contributed by atoms with Crippen LogP contribution < -0.4 is 10.1 Å². The van der Waals surface area contributed by atoms with Crippen molar-refractivity contribution < 1.29 is 14.3 Å². The van der Waals surface area contributed by atoms with Crippen molar-refractivity contribution in [2.75, 3.05) is 51.5 Å². The molecule has 160 valence electrons. The topological polar surface area (TPSA) is 50.8 Å². The first kappa shape index (κ1) is 21.6. The molecule has 30 heavy (non-hydrogen) atoms. The van der Waals surface area contributed by atoms with Crippen LogP contribution in [0.5, 0.6) is 5.75 Å². The minimum absolute atomic E-state index is 0.0277. The van der Waals surface area contributed by atoms with Gasteiger partial charge in [0.1, 0.15) is 5.75 Å². The van der Waals surface area contributed by atoms with Crippen LogP contribution in [0.25, 0.3) is 0 Å². The molecular weight excluding hydrogens is 416 g/mol. The van der Waals surface area contributed by atoms with E-state index >= 15 is 0 Å². The van der Waals surface area contributed by atoms with Gasteiger partial charge in [0.15, 0.2) is 0 Å². The summed E-state index contributed by atoms with van der Waals surface area (Å²) in [6, 6.07) is 16.3. The summed E-state index contributed by atoms with van der Waals surface area (Å²) < 4.78 is 11.3. The molecule has 0 saturated carbocycles. The number of benzene rings is 2. The average molecular weight is 445 g/mol. The van der Waals surface area contributed by atoms with Crippen LogP contribution in [0, 0.1) is 0 Å². The fourth-order valence-corrected chi connectivity index (χ4v) is 6.67. The van der Waals surface area contributed by atoms with Gasteiger partial charge >= 0.3 is 0 Å². The first-order valence-electron chi connectivity index (χ1n) is 10.3. The van der Waals surface area contributed by atoms with Crippen molar-refractivity contribution in [1.29, 1.82) is 0 Å². The van der Waals surface area contributed by atoms with Gasteiger partial charge in [-0.25, -0.2) is 0 Å². The van der Waals surface area contributed by atoms with E-state index in [1.807, 2.05) is 47.8 Å². The van der Waals surface area contributed by atoms with Crippen molar-refractivity contribution in [3.63, 3.8) is 0 Å². The summed E-state index contributed by atoms with van der Waals surface area (Å²) in [6.07, 6.45) is 0. The Morgan fingerprint density at radius 3 is 2.40 bits per heavy atom. The average Bonchev–Trinajstić information content (AvgIpc) is 3.35. The van der Waals surface area contributed by atoms with Crippen LogP contribution in [-0.2, 0) is 4.74 Å². The molecule has 2 fully saturated rings. The third-order valence-corrected chi connectivity index (χ3v) is 8.61. The molecule has 0 spiro atoms. The Bertz CT molecular complexity index is 817. The number of carbonyl (C=O) groups excluding carboxylic acids is 1. The highest BCUT2D eigenvalue weighted by Gasteiger charge is 2.24. The molecular formula is C23H28N2O3S2. The van der Waals surface area contributed by atoms with Crippen LogP contribution in [0.15, 0.2) is 48.5 Å². The van der Waals surface area contributed by atoms with Crippen LogP contribution in [0.2, 0.25) is 0 Å². The first-order valence-corrected chi connectivity index (χ1v) is 12.4. The first-order chi connectivity index (χ1) is 14.7. The molecule has 1 atom stereocenters. The molecule has 2 aliphatic rings. The predicted octanol–water partition coefficient (Wildman–Crippen LogP) is 3.98. The van der Waals surface area contributed by atoms with Crippen LogP contribution in [0.1, 0.15) is 32.1 Å². The van der Waals surface area contributed by atoms with E-state index in [1.165, 1.54) is 22.6 Å². The number of hydrogen-bond donors (Lipinski definition) is 1. The highest BCUT2D eigenvalue weighted by molar-refractivity contribution is 8.19. The standard InChI is InChI=1S/C23H28N2O3S2/c1-27-20-8-6-17(7-9-20)21(25-10-12-28-13-11-25)16-24-22(26)18-2-4-19(5-3-18)23-29-14-15-30-23/h2-9,21,23H,10-16H2,1H3,(H,24,26). The maximum Gasteiger partial charge on any atom is 0.251 e. The smallest absolute Gasteiger partial charge is 0.251 e. The molecule has 0 radical (unpaired) electrons. The van der Waals surface area contributed by atoms with Gasteiger partial charge in [-0.2, -0.15) is 0 Å². The van der Waals surface area contributed by atoms with E-state index in [0.717, 1.165) is 32.1 Å². The second-order valence-electron chi connectivity index (χ2n) is 7.34. The minimum atomic E-state index is -0.0277. The molecule has 2 aromatic rings. The monoisotopic (exact) mass is 444 g/mol. The summed E-state index contributed by atoms with van der Waals surface area (Å²) in [5.74, 6) is 3.21. The van der Waals surface area contributed by atoms with Gasteiger partial charge in [0.2, 0.25) is 0 Å².